The molecule has 0 aliphatic heterocycles. The van der Waals surface area contributed by atoms with Gasteiger partial charge in [-0.2, -0.15) is 0 Å². The van der Waals surface area contributed by atoms with E-state index >= 15 is 0 Å². The summed E-state index contributed by atoms with van der Waals surface area (Å²) in [5.74, 6) is 0.355. The number of methoxy groups -OCH3 is 1. The minimum absolute atomic E-state index is 0.157. The van der Waals surface area contributed by atoms with Crippen LogP contribution in [0.15, 0.2) is 24.3 Å². The molecular formula is C22H26ClNO4S. The van der Waals surface area contributed by atoms with Crippen molar-refractivity contribution >= 4 is 39.8 Å². The molecule has 1 aromatic carbocycles. The van der Waals surface area contributed by atoms with Crippen molar-refractivity contribution in [2.75, 3.05) is 19.0 Å². The number of hydrogen-bond donors (Lipinski definition) is 1. The number of fused-ring (bicyclic) bond motifs is 1. The zero-order valence-electron chi connectivity index (χ0n) is 17.1. The maximum Gasteiger partial charge on any atom is 0.341 e. The number of ether oxygens (including phenoxy) is 2. The Morgan fingerprint density at radius 1 is 1.24 bits per heavy atom. The molecule has 0 saturated carbocycles. The Balaban J connectivity index is 1.76. The Morgan fingerprint density at radius 3 is 2.55 bits per heavy atom. The maximum atomic E-state index is 12.4. The molecule has 3 rings (SSSR count). The summed E-state index contributed by atoms with van der Waals surface area (Å²) < 4.78 is 10.5. The van der Waals surface area contributed by atoms with Crippen LogP contribution in [0.2, 0.25) is 5.02 Å². The number of nitrogens with one attached hydrogen (secondary N) is 1. The number of anilines is 1. The number of esters is 1. The first-order chi connectivity index (χ1) is 13.7. The molecule has 7 heteroatoms. The normalized spacial score (nSPS) is 16.1. The van der Waals surface area contributed by atoms with Crippen LogP contribution in [0.4, 0.5) is 5.00 Å². The molecule has 1 amide bonds. The highest BCUT2D eigenvalue weighted by Gasteiger charge is 2.34. The molecule has 1 atom stereocenters. The Bertz CT molecular complexity index is 899. The molecule has 0 saturated heterocycles. The highest BCUT2D eigenvalue weighted by atomic mass is 35.5. The molecule has 0 spiro atoms. The first-order valence-electron chi connectivity index (χ1n) is 9.60. The summed E-state index contributed by atoms with van der Waals surface area (Å²) in [6, 6.07) is 6.80. The fourth-order valence-corrected chi connectivity index (χ4v) is 5.03. The lowest BCUT2D eigenvalue weighted by molar-refractivity contribution is -0.118. The number of benzene rings is 1. The predicted octanol–water partition coefficient (Wildman–Crippen LogP) is 5.36. The third-order valence-corrected chi connectivity index (χ3v) is 6.74. The van der Waals surface area contributed by atoms with Crippen molar-refractivity contribution in [3.63, 3.8) is 0 Å². The van der Waals surface area contributed by atoms with Gasteiger partial charge in [0.2, 0.25) is 0 Å². The molecule has 1 heterocycles. The lowest BCUT2D eigenvalue weighted by Gasteiger charge is -2.33. The van der Waals surface area contributed by atoms with E-state index in [-0.39, 0.29) is 17.9 Å². The second-order valence-electron chi connectivity index (χ2n) is 8.30. The number of halogens is 1. The van der Waals surface area contributed by atoms with Gasteiger partial charge in [0, 0.05) is 9.90 Å². The van der Waals surface area contributed by atoms with Gasteiger partial charge in [-0.3, -0.25) is 4.79 Å². The Morgan fingerprint density at radius 2 is 1.93 bits per heavy atom. The van der Waals surface area contributed by atoms with Gasteiger partial charge in [-0.15, -0.1) is 11.3 Å². The van der Waals surface area contributed by atoms with Crippen molar-refractivity contribution in [1.29, 1.82) is 0 Å². The molecule has 1 aliphatic carbocycles. The first kappa shape index (κ1) is 21.7. The largest absolute Gasteiger partial charge is 0.484 e. The van der Waals surface area contributed by atoms with Crippen molar-refractivity contribution < 1.29 is 19.1 Å². The van der Waals surface area contributed by atoms with Gasteiger partial charge in [0.05, 0.1) is 12.7 Å². The smallest absolute Gasteiger partial charge is 0.341 e. The van der Waals surface area contributed by atoms with Crippen LogP contribution in [0.1, 0.15) is 48.0 Å². The lowest BCUT2D eigenvalue weighted by atomic mass is 9.72. The van der Waals surface area contributed by atoms with E-state index in [1.807, 2.05) is 0 Å². The third-order valence-electron chi connectivity index (χ3n) is 5.32. The number of amides is 1. The van der Waals surface area contributed by atoms with Crippen molar-refractivity contribution in [1.82, 2.24) is 0 Å². The summed E-state index contributed by atoms with van der Waals surface area (Å²) in [6.07, 6.45) is 2.74. The topological polar surface area (TPSA) is 64.6 Å². The summed E-state index contributed by atoms with van der Waals surface area (Å²) in [5.41, 5.74) is 1.69. The van der Waals surface area contributed by atoms with Crippen molar-refractivity contribution in [3.05, 3.63) is 45.3 Å². The van der Waals surface area contributed by atoms with Crippen LogP contribution < -0.4 is 10.1 Å². The number of rotatable bonds is 5. The predicted molar refractivity (Wildman–Crippen MR) is 116 cm³/mol. The minimum Gasteiger partial charge on any atom is -0.484 e. The van der Waals surface area contributed by atoms with Gasteiger partial charge >= 0.3 is 5.97 Å². The Kier molecular flexibility index (Phi) is 6.54. The van der Waals surface area contributed by atoms with Crippen LogP contribution in [0.5, 0.6) is 5.75 Å². The van der Waals surface area contributed by atoms with Crippen molar-refractivity contribution in [2.45, 2.75) is 40.0 Å². The molecule has 29 heavy (non-hydrogen) atoms. The molecule has 1 unspecified atom stereocenters. The van der Waals surface area contributed by atoms with E-state index in [2.05, 4.69) is 26.1 Å². The van der Waals surface area contributed by atoms with E-state index < -0.39 is 5.97 Å². The minimum atomic E-state index is -0.411. The van der Waals surface area contributed by atoms with Crippen LogP contribution in [-0.2, 0) is 22.4 Å². The molecule has 1 aromatic heterocycles. The van der Waals surface area contributed by atoms with Gasteiger partial charge in [0.1, 0.15) is 10.8 Å². The number of hydrogen-bond acceptors (Lipinski definition) is 5. The standard InChI is InChI=1S/C22H26ClNO4S/c1-22(2,3)13-5-10-16-17(11-13)29-20(19(16)21(26)27-4)24-18(25)12-28-15-8-6-14(23)7-9-15/h6-9,13H,5,10-12H2,1-4H3,(H,24,25). The Labute approximate surface area is 180 Å². The van der Waals surface area contributed by atoms with Crippen molar-refractivity contribution in [3.8, 4) is 5.75 Å². The van der Waals surface area contributed by atoms with E-state index in [0.29, 0.717) is 27.3 Å². The summed E-state index contributed by atoms with van der Waals surface area (Å²) in [7, 11) is 1.36. The Hall–Kier alpha value is -2.05. The highest BCUT2D eigenvalue weighted by molar-refractivity contribution is 7.17. The van der Waals surface area contributed by atoms with Crippen LogP contribution in [0.25, 0.3) is 0 Å². The molecular weight excluding hydrogens is 410 g/mol. The molecule has 1 aliphatic rings. The molecule has 156 valence electrons. The zero-order valence-corrected chi connectivity index (χ0v) is 18.7. The highest BCUT2D eigenvalue weighted by Crippen LogP contribution is 2.44. The average molecular weight is 436 g/mol. The van der Waals surface area contributed by atoms with E-state index in [9.17, 15) is 9.59 Å². The second-order valence-corrected chi connectivity index (χ2v) is 9.84. The van der Waals surface area contributed by atoms with Crippen LogP contribution >= 0.6 is 22.9 Å². The third kappa shape index (κ3) is 5.11. The summed E-state index contributed by atoms with van der Waals surface area (Å²) >= 11 is 7.32. The second kappa shape index (κ2) is 8.76. The van der Waals surface area contributed by atoms with Crippen molar-refractivity contribution in [2.24, 2.45) is 11.3 Å². The number of thiophene rings is 1. The summed E-state index contributed by atoms with van der Waals surface area (Å²) in [5, 5.41) is 3.99. The fraction of sp³-hybridized carbons (Fsp3) is 0.455. The van der Waals surface area contributed by atoms with Crippen LogP contribution in [-0.4, -0.2) is 25.6 Å². The molecule has 0 fully saturated rings. The summed E-state index contributed by atoms with van der Waals surface area (Å²) in [6.45, 7) is 6.58. The molecule has 5 nitrogen and oxygen atoms in total. The molecule has 0 radical (unpaired) electrons. The van der Waals surface area contributed by atoms with E-state index in [1.165, 1.54) is 18.4 Å². The van der Waals surface area contributed by atoms with E-state index in [0.717, 1.165) is 29.7 Å². The van der Waals surface area contributed by atoms with Gasteiger partial charge < -0.3 is 14.8 Å². The quantitative estimate of drug-likeness (QED) is 0.642. The monoisotopic (exact) mass is 435 g/mol. The maximum absolute atomic E-state index is 12.4. The SMILES string of the molecule is COC(=O)c1c(NC(=O)COc2ccc(Cl)cc2)sc2c1CCC(C(C)(C)C)C2. The number of carbonyl (C=O) groups excluding carboxylic acids is 2. The molecule has 2 aromatic rings. The van der Waals surface area contributed by atoms with Crippen LogP contribution in [0.3, 0.4) is 0 Å². The first-order valence-corrected chi connectivity index (χ1v) is 10.8. The summed E-state index contributed by atoms with van der Waals surface area (Å²) in [4.78, 5) is 26.0. The van der Waals surface area contributed by atoms with Crippen LogP contribution in [0, 0.1) is 11.3 Å². The average Bonchev–Trinajstić information content (AvgIpc) is 3.03. The van der Waals surface area contributed by atoms with Gasteiger partial charge in [-0.05, 0) is 60.4 Å². The van der Waals surface area contributed by atoms with Gasteiger partial charge in [-0.25, -0.2) is 4.79 Å². The van der Waals surface area contributed by atoms with E-state index in [1.54, 1.807) is 24.3 Å². The van der Waals surface area contributed by atoms with Gasteiger partial charge in [0.15, 0.2) is 6.61 Å². The fourth-order valence-electron chi connectivity index (χ4n) is 3.57. The van der Waals surface area contributed by atoms with Gasteiger partial charge in [0.25, 0.3) is 5.91 Å². The van der Waals surface area contributed by atoms with E-state index in [4.69, 9.17) is 21.1 Å². The molecule has 1 N–H and O–H groups in total. The zero-order chi connectivity index (χ0) is 21.2. The lowest BCUT2D eigenvalue weighted by Crippen LogP contribution is -2.26. The van der Waals surface area contributed by atoms with Gasteiger partial charge in [-0.1, -0.05) is 32.4 Å². The number of carbonyl (C=O) groups is 2. The molecule has 0 bridgehead atoms.